The molecule has 0 saturated carbocycles. The van der Waals surface area contributed by atoms with Crippen molar-refractivity contribution in [3.8, 4) is 0 Å². The fourth-order valence-electron chi connectivity index (χ4n) is 4.19. The Balaban J connectivity index is 1.45. The van der Waals surface area contributed by atoms with Gasteiger partial charge in [-0.25, -0.2) is 4.98 Å². The summed E-state index contributed by atoms with van der Waals surface area (Å²) in [5, 5.41) is 3.09. The Hall–Kier alpha value is -2.38. The molecule has 0 spiro atoms. The van der Waals surface area contributed by atoms with Gasteiger partial charge < -0.3 is 13.9 Å². The number of aryl methyl sites for hydroxylation is 1. The second-order valence-corrected chi connectivity index (χ2v) is 8.06. The van der Waals surface area contributed by atoms with Crippen molar-refractivity contribution in [3.05, 3.63) is 64.3 Å². The summed E-state index contributed by atoms with van der Waals surface area (Å²) in [6, 6.07) is 8.24. The van der Waals surface area contributed by atoms with Gasteiger partial charge in [-0.15, -0.1) is 11.3 Å². The number of amides is 1. The number of likely N-dealkylation sites (tertiary alicyclic amines) is 1. The molecule has 0 aliphatic carbocycles. The van der Waals surface area contributed by atoms with Crippen LogP contribution in [0.25, 0.3) is 0 Å². The zero-order valence-electron chi connectivity index (χ0n) is 14.5. The summed E-state index contributed by atoms with van der Waals surface area (Å²) in [7, 11) is 0. The normalized spacial score (nSPS) is 22.7. The van der Waals surface area contributed by atoms with Gasteiger partial charge in [-0.2, -0.15) is 0 Å². The van der Waals surface area contributed by atoms with E-state index in [1.54, 1.807) is 17.6 Å². The number of carbonyl (C=O) groups is 1. The van der Waals surface area contributed by atoms with Crippen LogP contribution in [0.1, 0.15) is 33.0 Å². The second-order valence-electron chi connectivity index (χ2n) is 7.00. The van der Waals surface area contributed by atoms with E-state index in [0.29, 0.717) is 6.54 Å². The van der Waals surface area contributed by atoms with Crippen LogP contribution in [0.4, 0.5) is 0 Å². The molecule has 0 N–H and O–H groups in total. The standard InChI is InChI=1S/C19H20N4O2S/c1-13-20-14(12-26-13)8-23-18-11-21(9-15-4-3-7-25-15)10-17(18)22-6-2-5-16(22)19(23)24/h2-7,12,17-18H,8-11H2,1H3/t17-,18+/m0/s1. The Morgan fingerprint density at radius 2 is 2.12 bits per heavy atom. The molecule has 5 heterocycles. The third-order valence-corrected chi connectivity index (χ3v) is 6.13. The van der Waals surface area contributed by atoms with Crippen LogP contribution in [0.5, 0.6) is 0 Å². The molecule has 26 heavy (non-hydrogen) atoms. The number of hydrogen-bond acceptors (Lipinski definition) is 5. The highest BCUT2D eigenvalue weighted by Gasteiger charge is 2.45. The first kappa shape index (κ1) is 15.8. The maximum atomic E-state index is 13.1. The lowest BCUT2D eigenvalue weighted by molar-refractivity contribution is 0.0553. The van der Waals surface area contributed by atoms with E-state index in [-0.39, 0.29) is 18.0 Å². The molecule has 1 amide bonds. The summed E-state index contributed by atoms with van der Waals surface area (Å²) in [6.45, 7) is 5.10. The molecule has 3 aromatic heterocycles. The van der Waals surface area contributed by atoms with Crippen LogP contribution in [0.2, 0.25) is 0 Å². The number of hydrogen-bond donors (Lipinski definition) is 0. The Morgan fingerprint density at radius 1 is 1.23 bits per heavy atom. The van der Waals surface area contributed by atoms with Gasteiger partial charge in [0, 0.05) is 24.7 Å². The maximum absolute atomic E-state index is 13.1. The Morgan fingerprint density at radius 3 is 2.88 bits per heavy atom. The molecule has 5 rings (SSSR count). The van der Waals surface area contributed by atoms with Crippen molar-refractivity contribution in [1.29, 1.82) is 0 Å². The van der Waals surface area contributed by atoms with Crippen LogP contribution >= 0.6 is 11.3 Å². The lowest BCUT2D eigenvalue weighted by Gasteiger charge is -2.38. The van der Waals surface area contributed by atoms with Crippen molar-refractivity contribution in [2.75, 3.05) is 13.1 Å². The Kier molecular flexibility index (Phi) is 3.72. The first-order chi connectivity index (χ1) is 12.7. The van der Waals surface area contributed by atoms with Crippen molar-refractivity contribution >= 4 is 17.2 Å². The number of aromatic nitrogens is 2. The van der Waals surface area contributed by atoms with E-state index in [1.807, 2.05) is 42.3 Å². The molecule has 2 aliphatic rings. The predicted octanol–water partition coefficient (Wildman–Crippen LogP) is 2.93. The third kappa shape index (κ3) is 2.59. The summed E-state index contributed by atoms with van der Waals surface area (Å²) in [6.07, 6.45) is 3.74. The molecule has 2 aliphatic heterocycles. The van der Waals surface area contributed by atoms with Crippen LogP contribution in [0, 0.1) is 6.92 Å². The van der Waals surface area contributed by atoms with Crippen molar-refractivity contribution in [2.24, 2.45) is 0 Å². The fraction of sp³-hybridized carbons (Fsp3) is 0.368. The number of fused-ring (bicyclic) bond motifs is 3. The summed E-state index contributed by atoms with van der Waals surface area (Å²) in [4.78, 5) is 22.0. The van der Waals surface area contributed by atoms with Gasteiger partial charge >= 0.3 is 0 Å². The summed E-state index contributed by atoms with van der Waals surface area (Å²) in [5.41, 5.74) is 1.75. The third-order valence-electron chi connectivity index (χ3n) is 5.31. The molecule has 3 aromatic rings. The van der Waals surface area contributed by atoms with E-state index in [1.165, 1.54) is 0 Å². The summed E-state index contributed by atoms with van der Waals surface area (Å²) < 4.78 is 7.66. The number of rotatable bonds is 4. The monoisotopic (exact) mass is 368 g/mol. The van der Waals surface area contributed by atoms with Gasteiger partial charge in [0.05, 0.1) is 42.1 Å². The van der Waals surface area contributed by atoms with Crippen LogP contribution in [-0.2, 0) is 13.1 Å². The molecule has 0 aromatic carbocycles. The van der Waals surface area contributed by atoms with E-state index in [4.69, 9.17) is 4.42 Å². The zero-order chi connectivity index (χ0) is 17.7. The Bertz CT molecular complexity index is 929. The van der Waals surface area contributed by atoms with Crippen molar-refractivity contribution in [1.82, 2.24) is 19.4 Å². The predicted molar refractivity (Wildman–Crippen MR) is 98.0 cm³/mol. The van der Waals surface area contributed by atoms with Crippen molar-refractivity contribution in [3.63, 3.8) is 0 Å². The highest BCUT2D eigenvalue weighted by molar-refractivity contribution is 7.09. The average Bonchev–Trinajstić information content (AvgIpc) is 3.39. The van der Waals surface area contributed by atoms with Crippen LogP contribution in [-0.4, -0.2) is 44.4 Å². The van der Waals surface area contributed by atoms with Gasteiger partial charge in [0.15, 0.2) is 0 Å². The lowest BCUT2D eigenvalue weighted by atomic mass is 10.1. The molecular weight excluding hydrogens is 348 g/mol. The molecule has 0 radical (unpaired) electrons. The SMILES string of the molecule is Cc1nc(CN2C(=O)c3cccn3[C@H]3CN(Cc4ccco4)C[C@H]32)cs1. The van der Waals surface area contributed by atoms with Gasteiger partial charge in [0.25, 0.3) is 5.91 Å². The van der Waals surface area contributed by atoms with Gasteiger partial charge in [0.1, 0.15) is 11.5 Å². The smallest absolute Gasteiger partial charge is 0.271 e. The Labute approximate surface area is 155 Å². The minimum absolute atomic E-state index is 0.0988. The molecule has 7 heteroatoms. The van der Waals surface area contributed by atoms with E-state index in [2.05, 4.69) is 19.8 Å². The molecule has 2 atom stereocenters. The zero-order valence-corrected chi connectivity index (χ0v) is 15.4. The molecular formula is C19H20N4O2S. The summed E-state index contributed by atoms with van der Waals surface area (Å²) >= 11 is 1.63. The van der Waals surface area contributed by atoms with E-state index in [9.17, 15) is 4.79 Å². The minimum Gasteiger partial charge on any atom is -0.468 e. The van der Waals surface area contributed by atoms with Crippen molar-refractivity contribution < 1.29 is 9.21 Å². The van der Waals surface area contributed by atoms with Gasteiger partial charge in [0.2, 0.25) is 0 Å². The number of furan rings is 1. The fourth-order valence-corrected chi connectivity index (χ4v) is 4.79. The van der Waals surface area contributed by atoms with Gasteiger partial charge in [-0.05, 0) is 31.2 Å². The minimum atomic E-state index is 0.0988. The molecule has 0 unspecified atom stereocenters. The quantitative estimate of drug-likeness (QED) is 0.711. The van der Waals surface area contributed by atoms with E-state index < -0.39 is 0 Å². The van der Waals surface area contributed by atoms with E-state index in [0.717, 1.165) is 41.8 Å². The molecule has 1 saturated heterocycles. The maximum Gasteiger partial charge on any atom is 0.271 e. The topological polar surface area (TPSA) is 54.5 Å². The van der Waals surface area contributed by atoms with Gasteiger partial charge in [-0.3, -0.25) is 9.69 Å². The van der Waals surface area contributed by atoms with Crippen LogP contribution < -0.4 is 0 Å². The average molecular weight is 368 g/mol. The molecule has 1 fully saturated rings. The van der Waals surface area contributed by atoms with Crippen LogP contribution in [0.3, 0.4) is 0 Å². The number of carbonyl (C=O) groups excluding carboxylic acids is 1. The second kappa shape index (κ2) is 6.10. The van der Waals surface area contributed by atoms with E-state index >= 15 is 0 Å². The molecule has 6 nitrogen and oxygen atoms in total. The highest BCUT2D eigenvalue weighted by Crippen LogP contribution is 2.35. The molecule has 134 valence electrons. The lowest BCUT2D eigenvalue weighted by Crippen LogP contribution is -2.49. The van der Waals surface area contributed by atoms with Crippen LogP contribution in [0.15, 0.2) is 46.5 Å². The van der Waals surface area contributed by atoms with Gasteiger partial charge in [-0.1, -0.05) is 0 Å². The van der Waals surface area contributed by atoms with Crippen molar-refractivity contribution in [2.45, 2.75) is 32.1 Å². The number of nitrogens with zero attached hydrogens (tertiary/aromatic N) is 4. The highest BCUT2D eigenvalue weighted by atomic mass is 32.1. The first-order valence-electron chi connectivity index (χ1n) is 8.82. The molecule has 0 bridgehead atoms. The largest absolute Gasteiger partial charge is 0.468 e. The first-order valence-corrected chi connectivity index (χ1v) is 9.70. The number of thiazole rings is 1. The summed E-state index contributed by atoms with van der Waals surface area (Å²) in [5.74, 6) is 1.06.